The monoisotopic (exact) mass is 497 g/mol. The lowest BCUT2D eigenvalue weighted by Crippen LogP contribution is -2.45. The van der Waals surface area contributed by atoms with Gasteiger partial charge in [0.25, 0.3) is 0 Å². The fourth-order valence-corrected chi connectivity index (χ4v) is 4.30. The molecule has 0 saturated carbocycles. The molecule has 0 spiro atoms. The Bertz CT molecular complexity index is 1390. The minimum atomic E-state index is -0.836. The number of hydrogen-bond acceptors (Lipinski definition) is 4. The van der Waals surface area contributed by atoms with E-state index in [9.17, 15) is 9.59 Å². The Morgan fingerprint density at radius 2 is 1.68 bits per heavy atom. The van der Waals surface area contributed by atoms with Gasteiger partial charge in [0, 0.05) is 12.2 Å². The van der Waals surface area contributed by atoms with Crippen LogP contribution in [0.2, 0.25) is 0 Å². The topological polar surface area (TPSA) is 80.1 Å². The lowest BCUT2D eigenvalue weighted by Gasteiger charge is -2.32. The van der Waals surface area contributed by atoms with Crippen molar-refractivity contribution in [3.8, 4) is 0 Å². The van der Waals surface area contributed by atoms with Gasteiger partial charge in [-0.15, -0.1) is 5.10 Å². The van der Waals surface area contributed by atoms with Crippen molar-refractivity contribution in [1.29, 1.82) is 0 Å². The highest BCUT2D eigenvalue weighted by Crippen LogP contribution is 2.30. The molecule has 7 heteroatoms. The van der Waals surface area contributed by atoms with Gasteiger partial charge < -0.3 is 5.32 Å². The van der Waals surface area contributed by atoms with Gasteiger partial charge >= 0.3 is 0 Å². The molecule has 0 radical (unpaired) electrons. The van der Waals surface area contributed by atoms with Crippen LogP contribution in [0.5, 0.6) is 0 Å². The fraction of sp³-hybridized carbons (Fsp3) is 0.333. The molecule has 37 heavy (non-hydrogen) atoms. The number of nitrogens with zero attached hydrogens (tertiary/aromatic N) is 4. The number of aromatic nitrogens is 3. The number of rotatable bonds is 9. The van der Waals surface area contributed by atoms with Crippen LogP contribution in [0.15, 0.2) is 66.7 Å². The summed E-state index contributed by atoms with van der Waals surface area (Å²) in [5.74, 6) is -0.000718. The molecule has 2 amide bonds. The van der Waals surface area contributed by atoms with Gasteiger partial charge in [0.15, 0.2) is 0 Å². The van der Waals surface area contributed by atoms with Crippen LogP contribution in [0.3, 0.4) is 0 Å². The molecule has 0 aliphatic carbocycles. The zero-order valence-electron chi connectivity index (χ0n) is 22.2. The maximum absolute atomic E-state index is 14.1. The normalized spacial score (nSPS) is 12.1. The molecule has 0 aliphatic rings. The summed E-state index contributed by atoms with van der Waals surface area (Å²) in [6.07, 6.45) is 0.856. The van der Waals surface area contributed by atoms with E-state index >= 15 is 0 Å². The van der Waals surface area contributed by atoms with Crippen LogP contribution in [0.4, 0.5) is 5.69 Å². The molecule has 1 unspecified atom stereocenters. The van der Waals surface area contributed by atoms with Crippen molar-refractivity contribution >= 4 is 28.5 Å². The van der Waals surface area contributed by atoms with E-state index in [0.717, 1.165) is 39.7 Å². The van der Waals surface area contributed by atoms with Gasteiger partial charge in [-0.1, -0.05) is 67.1 Å². The standard InChI is InChI=1S/C30H35N5O2/c1-20(2)16-17-31-30(37)29(24-13-10-21(3)11-14-24)35(25-15-12-22(4)23(5)18-25)28(36)19-34-27-9-7-6-8-26(27)32-33-34/h6-15,18,20,29H,16-17,19H2,1-5H3,(H,31,37). The summed E-state index contributed by atoms with van der Waals surface area (Å²) in [4.78, 5) is 29.4. The number of hydrogen-bond donors (Lipinski definition) is 1. The lowest BCUT2D eigenvalue weighted by molar-refractivity contribution is -0.127. The van der Waals surface area contributed by atoms with E-state index in [1.165, 1.54) is 0 Å². The molecule has 1 atom stereocenters. The zero-order chi connectivity index (χ0) is 26.5. The second-order valence-corrected chi connectivity index (χ2v) is 10.1. The molecule has 0 aliphatic heterocycles. The SMILES string of the molecule is Cc1ccc(C(C(=O)NCCC(C)C)N(C(=O)Cn2nnc3ccccc32)c2ccc(C)c(C)c2)cc1. The van der Waals surface area contributed by atoms with Crippen molar-refractivity contribution in [2.24, 2.45) is 5.92 Å². The van der Waals surface area contributed by atoms with E-state index in [1.807, 2.05) is 87.5 Å². The number of para-hydroxylation sites is 1. The van der Waals surface area contributed by atoms with Crippen molar-refractivity contribution in [3.05, 3.63) is 89.0 Å². The lowest BCUT2D eigenvalue weighted by atomic mass is 10.00. The molecule has 4 aromatic rings. The molecule has 3 aromatic carbocycles. The van der Waals surface area contributed by atoms with Gasteiger partial charge in [-0.2, -0.15) is 0 Å². The number of aryl methyl sites for hydroxylation is 3. The Labute approximate surface area is 218 Å². The van der Waals surface area contributed by atoms with Gasteiger partial charge in [-0.3, -0.25) is 14.5 Å². The Balaban J connectivity index is 1.78. The number of carbonyl (C=O) groups excluding carboxylic acids is 2. The second-order valence-electron chi connectivity index (χ2n) is 10.1. The van der Waals surface area contributed by atoms with Crippen LogP contribution in [-0.2, 0) is 16.1 Å². The molecule has 0 fully saturated rings. The van der Waals surface area contributed by atoms with Gasteiger partial charge in [0.05, 0.1) is 5.52 Å². The smallest absolute Gasteiger partial charge is 0.249 e. The third kappa shape index (κ3) is 6.05. The summed E-state index contributed by atoms with van der Waals surface area (Å²) < 4.78 is 1.59. The first-order chi connectivity index (χ1) is 17.7. The van der Waals surface area contributed by atoms with Crippen LogP contribution < -0.4 is 10.2 Å². The van der Waals surface area contributed by atoms with Crippen molar-refractivity contribution < 1.29 is 9.59 Å². The first-order valence-electron chi connectivity index (χ1n) is 12.8. The number of anilines is 1. The molecule has 0 bridgehead atoms. The van der Waals surface area contributed by atoms with Crippen LogP contribution in [-0.4, -0.2) is 33.4 Å². The summed E-state index contributed by atoms with van der Waals surface area (Å²) in [6, 6.07) is 20.3. The van der Waals surface area contributed by atoms with Crippen LogP contribution in [0.1, 0.15) is 48.6 Å². The van der Waals surface area contributed by atoms with Gasteiger partial charge in [-0.05, 0) is 74.1 Å². The van der Waals surface area contributed by atoms with E-state index in [0.29, 0.717) is 18.2 Å². The largest absolute Gasteiger partial charge is 0.354 e. The van der Waals surface area contributed by atoms with Gasteiger partial charge in [0.1, 0.15) is 18.1 Å². The molecule has 192 valence electrons. The number of carbonyl (C=O) groups is 2. The molecular formula is C30H35N5O2. The highest BCUT2D eigenvalue weighted by Gasteiger charge is 2.33. The highest BCUT2D eigenvalue weighted by molar-refractivity contribution is 6.01. The number of benzene rings is 3. The van der Waals surface area contributed by atoms with E-state index in [4.69, 9.17) is 0 Å². The summed E-state index contributed by atoms with van der Waals surface area (Å²) in [5, 5.41) is 11.5. The Hall–Kier alpha value is -4.00. The Morgan fingerprint density at radius 1 is 0.946 bits per heavy atom. The molecule has 1 heterocycles. The van der Waals surface area contributed by atoms with Crippen LogP contribution >= 0.6 is 0 Å². The van der Waals surface area contributed by atoms with E-state index in [1.54, 1.807) is 9.58 Å². The minimum Gasteiger partial charge on any atom is -0.354 e. The Morgan fingerprint density at radius 3 is 2.38 bits per heavy atom. The first-order valence-corrected chi connectivity index (χ1v) is 12.8. The zero-order valence-corrected chi connectivity index (χ0v) is 22.2. The molecule has 4 rings (SSSR count). The number of nitrogens with one attached hydrogen (secondary N) is 1. The summed E-state index contributed by atoms with van der Waals surface area (Å²) in [6.45, 7) is 10.8. The number of fused-ring (bicyclic) bond motifs is 1. The third-order valence-corrected chi connectivity index (χ3v) is 6.66. The summed E-state index contributed by atoms with van der Waals surface area (Å²) >= 11 is 0. The molecule has 0 saturated heterocycles. The maximum atomic E-state index is 14.1. The van der Waals surface area contributed by atoms with E-state index in [-0.39, 0.29) is 18.4 Å². The van der Waals surface area contributed by atoms with Crippen molar-refractivity contribution in [3.63, 3.8) is 0 Å². The summed E-state index contributed by atoms with van der Waals surface area (Å²) in [5.41, 5.74) is 6.15. The summed E-state index contributed by atoms with van der Waals surface area (Å²) in [7, 11) is 0. The minimum absolute atomic E-state index is 0.0466. The molecule has 1 aromatic heterocycles. The molecular weight excluding hydrogens is 462 g/mol. The second kappa shape index (κ2) is 11.4. The van der Waals surface area contributed by atoms with Crippen LogP contribution in [0, 0.1) is 26.7 Å². The number of amides is 2. The van der Waals surface area contributed by atoms with Gasteiger partial charge in [-0.25, -0.2) is 4.68 Å². The Kier molecular flexibility index (Phi) is 8.01. The van der Waals surface area contributed by atoms with Crippen molar-refractivity contribution in [2.45, 2.75) is 53.6 Å². The van der Waals surface area contributed by atoms with E-state index in [2.05, 4.69) is 29.5 Å². The van der Waals surface area contributed by atoms with Crippen molar-refractivity contribution in [2.75, 3.05) is 11.4 Å². The quantitative estimate of drug-likeness (QED) is 0.341. The van der Waals surface area contributed by atoms with Crippen LogP contribution in [0.25, 0.3) is 11.0 Å². The predicted molar refractivity (Wildman–Crippen MR) is 147 cm³/mol. The third-order valence-electron chi connectivity index (χ3n) is 6.66. The van der Waals surface area contributed by atoms with E-state index < -0.39 is 6.04 Å². The van der Waals surface area contributed by atoms with Crippen molar-refractivity contribution in [1.82, 2.24) is 20.3 Å². The molecule has 1 N–H and O–H groups in total. The highest BCUT2D eigenvalue weighted by atomic mass is 16.2. The maximum Gasteiger partial charge on any atom is 0.249 e. The average molecular weight is 498 g/mol. The molecule has 7 nitrogen and oxygen atoms in total. The first kappa shape index (κ1) is 26.1. The predicted octanol–water partition coefficient (Wildman–Crippen LogP) is 5.29. The van der Waals surface area contributed by atoms with Gasteiger partial charge in [0.2, 0.25) is 11.8 Å². The fourth-order valence-electron chi connectivity index (χ4n) is 4.30. The average Bonchev–Trinajstić information content (AvgIpc) is 3.27.